The number of hydrogen-bond donors (Lipinski definition) is 3. The van der Waals surface area contributed by atoms with Crippen LogP contribution in [0.25, 0.3) is 0 Å². The Labute approximate surface area is 680 Å². The highest BCUT2D eigenvalue weighted by molar-refractivity contribution is 7.47. The third-order valence-corrected chi connectivity index (χ3v) is 19.5. The minimum atomic E-state index is -5.00. The van der Waals surface area contributed by atoms with Gasteiger partial charge in [0.1, 0.15) is 19.3 Å². The van der Waals surface area contributed by atoms with E-state index in [0.29, 0.717) is 25.7 Å². The molecule has 112 heavy (non-hydrogen) atoms. The van der Waals surface area contributed by atoms with Gasteiger partial charge in [-0.15, -0.1) is 0 Å². The Bertz CT molecular complexity index is 2790. The number of rotatable bonds is 80. The van der Waals surface area contributed by atoms with Crippen molar-refractivity contribution in [1.82, 2.24) is 0 Å². The molecule has 0 radical (unpaired) electrons. The lowest BCUT2D eigenvalue weighted by Crippen LogP contribution is -2.30. The van der Waals surface area contributed by atoms with E-state index in [4.69, 9.17) is 37.0 Å². The molecule has 0 aromatic carbocycles. The lowest BCUT2D eigenvalue weighted by Gasteiger charge is -2.21. The second-order valence-electron chi connectivity index (χ2n) is 28.4. The second-order valence-corrected chi connectivity index (χ2v) is 31.3. The van der Waals surface area contributed by atoms with Crippen molar-refractivity contribution in [2.45, 2.75) is 354 Å². The molecule has 638 valence electrons. The van der Waals surface area contributed by atoms with Crippen LogP contribution < -0.4 is 0 Å². The number of esters is 4. The first-order chi connectivity index (χ1) is 54.7. The fraction of sp³-hybridized carbons (Fsp3) is 0.656. The summed E-state index contributed by atoms with van der Waals surface area (Å²) in [5, 5.41) is 10.7. The fourth-order valence-corrected chi connectivity index (χ4v) is 12.7. The monoisotopic (exact) mass is 1610 g/mol. The van der Waals surface area contributed by atoms with Gasteiger partial charge in [0.2, 0.25) is 0 Å². The van der Waals surface area contributed by atoms with E-state index < -0.39 is 97.5 Å². The molecule has 0 fully saturated rings. The normalized spacial score (nSPS) is 14.6. The molecule has 0 saturated heterocycles. The average Bonchev–Trinajstić information content (AvgIpc) is 0.898. The van der Waals surface area contributed by atoms with E-state index in [1.807, 2.05) is 0 Å². The second kappa shape index (κ2) is 83.4. The summed E-state index contributed by atoms with van der Waals surface area (Å²) in [6, 6.07) is 0. The molecule has 5 unspecified atom stereocenters. The van der Waals surface area contributed by atoms with Crippen LogP contribution in [0.3, 0.4) is 0 Å². The first kappa shape index (κ1) is 106. The third kappa shape index (κ3) is 82.4. The zero-order chi connectivity index (χ0) is 81.7. The molecule has 0 aliphatic rings. The van der Waals surface area contributed by atoms with Gasteiger partial charge in [-0.1, -0.05) is 301 Å². The highest BCUT2D eigenvalue weighted by Gasteiger charge is 2.30. The molecule has 17 nitrogen and oxygen atoms in total. The summed E-state index contributed by atoms with van der Waals surface area (Å²) in [6.07, 6.45) is 100. The fourth-order valence-electron chi connectivity index (χ4n) is 11.1. The molecule has 0 aliphatic carbocycles. The quantitative estimate of drug-likeness (QED) is 0.0169. The van der Waals surface area contributed by atoms with Crippen molar-refractivity contribution in [3.63, 3.8) is 0 Å². The van der Waals surface area contributed by atoms with Crippen LogP contribution in [0.1, 0.15) is 336 Å². The Morgan fingerprint density at radius 1 is 0.259 bits per heavy atom. The highest BCUT2D eigenvalue weighted by Crippen LogP contribution is 2.45. The van der Waals surface area contributed by atoms with E-state index in [9.17, 15) is 43.2 Å². The van der Waals surface area contributed by atoms with Crippen molar-refractivity contribution in [3.8, 4) is 0 Å². The largest absolute Gasteiger partial charge is 0.472 e. The van der Waals surface area contributed by atoms with Crippen LogP contribution in [0.4, 0.5) is 0 Å². The van der Waals surface area contributed by atoms with Crippen molar-refractivity contribution in [2.75, 3.05) is 39.6 Å². The number of carbonyl (C=O) groups is 4. The molecular weight excluding hydrogens is 1450 g/mol. The number of ether oxygens (including phenoxy) is 4. The maximum absolute atomic E-state index is 13.2. The summed E-state index contributed by atoms with van der Waals surface area (Å²) in [6.45, 7) is 4.53. The third-order valence-electron chi connectivity index (χ3n) is 17.6. The van der Waals surface area contributed by atoms with Gasteiger partial charge >= 0.3 is 39.5 Å². The Balaban J connectivity index is 5.46. The Kier molecular flexibility index (Phi) is 79.2. The van der Waals surface area contributed by atoms with Crippen molar-refractivity contribution >= 4 is 39.5 Å². The number of phosphoric acid groups is 2. The average molecular weight is 1610 g/mol. The first-order valence-corrected chi connectivity index (χ1v) is 46.4. The zero-order valence-electron chi connectivity index (χ0n) is 70.0. The lowest BCUT2D eigenvalue weighted by molar-refractivity contribution is -0.161. The topological polar surface area (TPSA) is 237 Å². The molecule has 3 N–H and O–H groups in total. The lowest BCUT2D eigenvalue weighted by atomic mass is 10.1. The Hall–Kier alpha value is -5.58. The van der Waals surface area contributed by atoms with Crippen molar-refractivity contribution in [3.05, 3.63) is 170 Å². The molecule has 0 heterocycles. The number of allylic oxidation sites excluding steroid dienone is 28. The standard InChI is InChI=1S/C93H154O17P2/c1-5-9-13-17-21-25-29-33-37-40-43-46-50-53-57-61-65-69-73-77-90(95)103-83-88(109-92(97)79-75-71-67-63-59-55-49-36-32-28-24-20-16-12-8-4)85-107-111(99,100)105-81-87(94)82-106-112(101,102)108-86-89(110-93(98)80-76-72-68-64-60-56-52-48-45-42-39-35-31-27-23-19-15-11-7-3)84-104-91(96)78-74-70-66-62-58-54-51-47-44-41-38-34-30-26-22-18-14-10-6-2/h10-11,14-15,21-28,33-39,43-49,54,58,87-89,94H,5-9,12-13,16-20,29-32,40-42,50-53,55-57,59-86H2,1-4H3,(H,99,100)(H,101,102)/b14-10-,15-11-,25-21-,26-22-,27-23-,28-24-,37-33-,38-34-,39-35-,46-43-,47-44-,48-45-,49-36-,58-54-. The number of aliphatic hydroxyl groups excluding tert-OH is 1. The molecule has 0 aliphatic heterocycles. The minimum Gasteiger partial charge on any atom is -0.462 e. The van der Waals surface area contributed by atoms with Crippen LogP contribution in [-0.2, 0) is 65.4 Å². The van der Waals surface area contributed by atoms with Crippen LogP contribution in [-0.4, -0.2) is 96.7 Å². The SMILES string of the molecule is CC/C=C\C/C=C\C/C=C\C/C=C\C/C=C\CCCCCC(=O)OCC(COP(=O)(O)OCC(O)COP(=O)(O)OCC(COC(=O)CCCCCCCC/C=C\C/C=C\C/C=C\CCCCC)OC(=O)CCCCCCC/C=C\C/C=C\CCCCC)OC(=O)CCCCCCCC/C=C\C/C=C\C/C=C\C/C=C\CC. The van der Waals surface area contributed by atoms with E-state index in [1.54, 1.807) is 0 Å². The van der Waals surface area contributed by atoms with Crippen molar-refractivity contribution in [2.24, 2.45) is 0 Å². The first-order valence-electron chi connectivity index (χ1n) is 43.4. The van der Waals surface area contributed by atoms with Crippen molar-refractivity contribution < 1.29 is 80.2 Å². The minimum absolute atomic E-state index is 0.0645. The van der Waals surface area contributed by atoms with Gasteiger partial charge in [-0.25, -0.2) is 9.13 Å². The van der Waals surface area contributed by atoms with Gasteiger partial charge in [0.05, 0.1) is 26.4 Å². The zero-order valence-corrected chi connectivity index (χ0v) is 71.8. The van der Waals surface area contributed by atoms with Crippen LogP contribution in [0.5, 0.6) is 0 Å². The summed E-state index contributed by atoms with van der Waals surface area (Å²) < 4.78 is 68.8. The number of carbonyl (C=O) groups excluding carboxylic acids is 4. The molecule has 5 atom stereocenters. The van der Waals surface area contributed by atoms with Crippen LogP contribution in [0, 0.1) is 0 Å². The van der Waals surface area contributed by atoms with E-state index in [-0.39, 0.29) is 25.7 Å². The van der Waals surface area contributed by atoms with Crippen molar-refractivity contribution in [1.29, 1.82) is 0 Å². The summed E-state index contributed by atoms with van der Waals surface area (Å²) in [4.78, 5) is 73.3. The van der Waals surface area contributed by atoms with Gasteiger partial charge in [0, 0.05) is 25.7 Å². The molecular formula is C93H154O17P2. The number of aliphatic hydroxyl groups is 1. The van der Waals surface area contributed by atoms with Gasteiger partial charge in [0.15, 0.2) is 12.2 Å². The molecule has 19 heteroatoms. The predicted molar refractivity (Wildman–Crippen MR) is 463 cm³/mol. The molecule has 0 rings (SSSR count). The Morgan fingerprint density at radius 3 is 0.723 bits per heavy atom. The van der Waals surface area contributed by atoms with Gasteiger partial charge in [-0.3, -0.25) is 37.3 Å². The number of unbranched alkanes of at least 4 members (excludes halogenated alkanes) is 26. The van der Waals surface area contributed by atoms with Crippen LogP contribution in [0.15, 0.2) is 170 Å². The molecule has 0 amide bonds. The number of hydrogen-bond acceptors (Lipinski definition) is 15. The molecule has 0 spiro atoms. The summed E-state index contributed by atoms with van der Waals surface area (Å²) in [5.74, 6) is -2.26. The van der Waals surface area contributed by atoms with Crippen LogP contribution >= 0.6 is 15.6 Å². The number of phosphoric ester groups is 2. The maximum atomic E-state index is 13.2. The van der Waals surface area contributed by atoms with Gasteiger partial charge in [0.25, 0.3) is 0 Å². The molecule has 0 aromatic heterocycles. The van der Waals surface area contributed by atoms with E-state index in [2.05, 4.69) is 198 Å². The van der Waals surface area contributed by atoms with E-state index >= 15 is 0 Å². The van der Waals surface area contributed by atoms with Crippen LogP contribution in [0.2, 0.25) is 0 Å². The molecule has 0 bridgehead atoms. The van der Waals surface area contributed by atoms with Gasteiger partial charge in [-0.05, 0) is 180 Å². The summed E-state index contributed by atoms with van der Waals surface area (Å²) in [5.41, 5.74) is 0. The molecule has 0 saturated carbocycles. The maximum Gasteiger partial charge on any atom is 0.472 e. The highest BCUT2D eigenvalue weighted by atomic mass is 31.2. The summed E-state index contributed by atoms with van der Waals surface area (Å²) >= 11 is 0. The summed E-state index contributed by atoms with van der Waals surface area (Å²) in [7, 11) is -10.0. The Morgan fingerprint density at radius 2 is 0.464 bits per heavy atom. The smallest absolute Gasteiger partial charge is 0.462 e. The van der Waals surface area contributed by atoms with Gasteiger partial charge in [-0.2, -0.15) is 0 Å². The molecule has 0 aromatic rings. The predicted octanol–water partition coefficient (Wildman–Crippen LogP) is 26.1. The van der Waals surface area contributed by atoms with E-state index in [0.717, 1.165) is 218 Å². The van der Waals surface area contributed by atoms with Gasteiger partial charge < -0.3 is 33.8 Å². The van der Waals surface area contributed by atoms with E-state index in [1.165, 1.54) is 38.5 Å².